The summed E-state index contributed by atoms with van der Waals surface area (Å²) in [6.45, 7) is 3.04. The molecule has 0 saturated carbocycles. The highest BCUT2D eigenvalue weighted by molar-refractivity contribution is 7.09. The summed E-state index contributed by atoms with van der Waals surface area (Å²) >= 11 is 1.59. The van der Waals surface area contributed by atoms with Gasteiger partial charge < -0.3 is 10.3 Å². The van der Waals surface area contributed by atoms with Gasteiger partial charge in [-0.25, -0.2) is 4.98 Å². The van der Waals surface area contributed by atoms with E-state index in [1.54, 1.807) is 11.3 Å². The molecule has 2 rings (SSSR count). The molecule has 0 amide bonds. The molecule has 2 heterocycles. The summed E-state index contributed by atoms with van der Waals surface area (Å²) in [5.41, 5.74) is 7.88. The first kappa shape index (κ1) is 10.3. The number of imidazole rings is 1. The van der Waals surface area contributed by atoms with E-state index in [0.29, 0.717) is 0 Å². The molecule has 0 radical (unpaired) electrons. The second-order valence-corrected chi connectivity index (χ2v) is 4.26. The van der Waals surface area contributed by atoms with Crippen molar-refractivity contribution in [2.75, 3.05) is 0 Å². The van der Waals surface area contributed by atoms with Crippen LogP contribution < -0.4 is 5.73 Å². The Morgan fingerprint density at radius 3 is 3.13 bits per heavy atom. The Bertz CT molecular complexity index is 407. The zero-order valence-electron chi connectivity index (χ0n) is 8.63. The van der Waals surface area contributed by atoms with Crippen LogP contribution in [-0.2, 0) is 13.0 Å². The molecule has 5 heteroatoms. The Morgan fingerprint density at radius 1 is 1.60 bits per heavy atom. The molecule has 1 atom stereocenters. The van der Waals surface area contributed by atoms with Crippen molar-refractivity contribution in [1.29, 1.82) is 0 Å². The molecule has 80 valence electrons. The van der Waals surface area contributed by atoms with Gasteiger partial charge in [-0.05, 0) is 6.92 Å². The largest absolute Gasteiger partial charge is 0.335 e. The fraction of sp³-hybridized carbons (Fsp3) is 0.400. The highest BCUT2D eigenvalue weighted by Crippen LogP contribution is 2.18. The van der Waals surface area contributed by atoms with Gasteiger partial charge >= 0.3 is 0 Å². The minimum atomic E-state index is 0.00481. The summed E-state index contributed by atoms with van der Waals surface area (Å²) in [7, 11) is 0. The molecule has 4 nitrogen and oxygen atoms in total. The van der Waals surface area contributed by atoms with E-state index in [2.05, 4.69) is 21.5 Å². The van der Waals surface area contributed by atoms with Gasteiger partial charge in [-0.2, -0.15) is 0 Å². The Hall–Kier alpha value is -1.20. The van der Waals surface area contributed by atoms with Crippen molar-refractivity contribution in [1.82, 2.24) is 14.5 Å². The molecule has 15 heavy (non-hydrogen) atoms. The van der Waals surface area contributed by atoms with Crippen LogP contribution in [0.15, 0.2) is 24.1 Å². The predicted molar refractivity (Wildman–Crippen MR) is 60.6 cm³/mol. The van der Waals surface area contributed by atoms with Gasteiger partial charge in [-0.15, -0.1) is 11.3 Å². The molecule has 1 unspecified atom stereocenters. The molecule has 0 aromatic carbocycles. The van der Waals surface area contributed by atoms with Crippen molar-refractivity contribution < 1.29 is 0 Å². The fourth-order valence-electron chi connectivity index (χ4n) is 1.52. The van der Waals surface area contributed by atoms with Crippen molar-refractivity contribution in [3.8, 4) is 0 Å². The van der Waals surface area contributed by atoms with E-state index >= 15 is 0 Å². The number of aromatic nitrogens is 3. The van der Waals surface area contributed by atoms with Gasteiger partial charge in [-0.3, -0.25) is 4.98 Å². The first-order valence-corrected chi connectivity index (χ1v) is 5.83. The van der Waals surface area contributed by atoms with Crippen molar-refractivity contribution >= 4 is 11.3 Å². The van der Waals surface area contributed by atoms with Gasteiger partial charge in [-0.1, -0.05) is 0 Å². The number of rotatable bonds is 4. The summed E-state index contributed by atoms with van der Waals surface area (Å²) < 4.78 is 2.11. The van der Waals surface area contributed by atoms with Crippen LogP contribution in [0.4, 0.5) is 0 Å². The van der Waals surface area contributed by atoms with Crippen molar-refractivity contribution in [3.05, 3.63) is 34.8 Å². The number of hydrogen-bond donors (Lipinski definition) is 1. The van der Waals surface area contributed by atoms with Crippen molar-refractivity contribution in [2.45, 2.75) is 25.9 Å². The summed E-state index contributed by atoms with van der Waals surface area (Å²) in [4.78, 5) is 9.44. The van der Waals surface area contributed by atoms with E-state index < -0.39 is 0 Å². The molecule has 0 aliphatic rings. The number of nitrogens with two attached hydrogens (primary N) is 1. The molecule has 2 aromatic heterocycles. The van der Waals surface area contributed by atoms with E-state index in [0.717, 1.165) is 23.7 Å². The van der Waals surface area contributed by atoms with Crippen LogP contribution in [0.1, 0.15) is 23.7 Å². The Balaban J connectivity index is 2.09. The van der Waals surface area contributed by atoms with Crippen molar-refractivity contribution in [2.24, 2.45) is 5.73 Å². The van der Waals surface area contributed by atoms with Gasteiger partial charge in [0.25, 0.3) is 0 Å². The Morgan fingerprint density at radius 2 is 2.47 bits per heavy atom. The van der Waals surface area contributed by atoms with Crippen LogP contribution in [0.2, 0.25) is 0 Å². The van der Waals surface area contributed by atoms with Gasteiger partial charge in [0.1, 0.15) is 5.82 Å². The van der Waals surface area contributed by atoms with Gasteiger partial charge in [0.2, 0.25) is 0 Å². The molecular weight excluding hydrogens is 208 g/mol. The van der Waals surface area contributed by atoms with Crippen LogP contribution in [0.25, 0.3) is 0 Å². The number of thiazole rings is 1. The maximum Gasteiger partial charge on any atom is 0.110 e. The number of hydrogen-bond acceptors (Lipinski definition) is 4. The second-order valence-electron chi connectivity index (χ2n) is 3.34. The molecule has 0 fully saturated rings. The zero-order valence-corrected chi connectivity index (χ0v) is 9.44. The number of aryl methyl sites for hydroxylation is 1. The molecule has 0 aliphatic heterocycles. The highest BCUT2D eigenvalue weighted by atomic mass is 32.1. The van der Waals surface area contributed by atoms with E-state index in [4.69, 9.17) is 5.73 Å². The first-order chi connectivity index (χ1) is 7.31. The second kappa shape index (κ2) is 4.55. The lowest BCUT2D eigenvalue weighted by molar-refractivity contribution is 0.633. The Labute approximate surface area is 92.8 Å². The standard InChI is InChI=1S/C10H14N4S/c1-2-14-4-3-13-10(14)5-8(11)9-6-12-7-15-9/h3-4,6-8H,2,5,11H2,1H3. The quantitative estimate of drug-likeness (QED) is 0.855. The lowest BCUT2D eigenvalue weighted by Gasteiger charge is -2.09. The molecule has 2 N–H and O–H groups in total. The lowest BCUT2D eigenvalue weighted by atomic mass is 10.2. The average molecular weight is 222 g/mol. The van der Waals surface area contributed by atoms with E-state index in [9.17, 15) is 0 Å². The highest BCUT2D eigenvalue weighted by Gasteiger charge is 2.11. The summed E-state index contributed by atoms with van der Waals surface area (Å²) in [6, 6.07) is 0.00481. The van der Waals surface area contributed by atoms with Crippen LogP contribution in [-0.4, -0.2) is 14.5 Å². The first-order valence-electron chi connectivity index (χ1n) is 4.95. The van der Waals surface area contributed by atoms with Crippen molar-refractivity contribution in [3.63, 3.8) is 0 Å². The van der Waals surface area contributed by atoms with E-state index in [-0.39, 0.29) is 6.04 Å². The SMILES string of the molecule is CCn1ccnc1CC(N)c1cncs1. The normalized spacial score (nSPS) is 12.9. The Kier molecular flexibility index (Phi) is 3.13. The van der Waals surface area contributed by atoms with Crippen LogP contribution in [0.3, 0.4) is 0 Å². The van der Waals surface area contributed by atoms with Crippen LogP contribution in [0, 0.1) is 0 Å². The van der Waals surface area contributed by atoms with Crippen LogP contribution in [0.5, 0.6) is 0 Å². The molecule has 0 saturated heterocycles. The maximum absolute atomic E-state index is 6.07. The number of nitrogens with zero attached hydrogens (tertiary/aromatic N) is 3. The third-order valence-electron chi connectivity index (χ3n) is 2.36. The van der Waals surface area contributed by atoms with Gasteiger partial charge in [0, 0.05) is 42.5 Å². The fourth-order valence-corrected chi connectivity index (χ4v) is 2.15. The van der Waals surface area contributed by atoms with Crippen LogP contribution >= 0.6 is 11.3 Å². The predicted octanol–water partition coefficient (Wildman–Crippen LogP) is 1.60. The van der Waals surface area contributed by atoms with Gasteiger partial charge in [0.15, 0.2) is 0 Å². The molecular formula is C10H14N4S. The molecule has 0 spiro atoms. The minimum Gasteiger partial charge on any atom is -0.335 e. The average Bonchev–Trinajstić information content (AvgIpc) is 2.87. The van der Waals surface area contributed by atoms with Gasteiger partial charge in [0.05, 0.1) is 5.51 Å². The topological polar surface area (TPSA) is 56.7 Å². The third kappa shape index (κ3) is 2.24. The summed E-state index contributed by atoms with van der Waals surface area (Å²) in [5.74, 6) is 1.04. The molecule has 0 aliphatic carbocycles. The maximum atomic E-state index is 6.07. The molecule has 2 aromatic rings. The smallest absolute Gasteiger partial charge is 0.110 e. The zero-order chi connectivity index (χ0) is 10.7. The lowest BCUT2D eigenvalue weighted by Crippen LogP contribution is -2.15. The minimum absolute atomic E-state index is 0.00481. The monoisotopic (exact) mass is 222 g/mol. The molecule has 0 bridgehead atoms. The summed E-state index contributed by atoms with van der Waals surface area (Å²) in [5, 5.41) is 0. The third-order valence-corrected chi connectivity index (χ3v) is 3.27. The van der Waals surface area contributed by atoms with E-state index in [1.807, 2.05) is 24.1 Å². The summed E-state index contributed by atoms with van der Waals surface area (Å²) in [6.07, 6.45) is 6.39. The van der Waals surface area contributed by atoms with E-state index in [1.165, 1.54) is 0 Å².